The Balaban J connectivity index is 2.46. The number of benzene rings is 1. The van der Waals surface area contributed by atoms with Crippen LogP contribution in [0.1, 0.15) is 15.9 Å². The molecule has 1 heterocycles. The fourth-order valence-electron chi connectivity index (χ4n) is 1.62. The van der Waals surface area contributed by atoms with Gasteiger partial charge in [0.25, 0.3) is 0 Å². The van der Waals surface area contributed by atoms with Gasteiger partial charge in [-0.2, -0.15) is 0 Å². The van der Waals surface area contributed by atoms with Crippen molar-refractivity contribution in [1.29, 1.82) is 0 Å². The molecule has 1 atom stereocenters. The maximum atomic E-state index is 10.8. The number of fused-ring (bicyclic) bond motifs is 1. The summed E-state index contributed by atoms with van der Waals surface area (Å²) in [4.78, 5) is 10.8. The summed E-state index contributed by atoms with van der Waals surface area (Å²) in [6.45, 7) is 0. The SMILES string of the molecule is NC1BOc2c(cccc2C(=O)O)C1. The molecule has 5 heteroatoms. The summed E-state index contributed by atoms with van der Waals surface area (Å²) in [7, 11) is 0.386. The molecular formula is C9H10BNO3. The first-order valence-electron chi connectivity index (χ1n) is 4.42. The average Bonchev–Trinajstić information content (AvgIpc) is 2.16. The molecule has 0 spiro atoms. The molecule has 0 aliphatic carbocycles. The van der Waals surface area contributed by atoms with Crippen molar-refractivity contribution in [2.24, 2.45) is 5.73 Å². The molecule has 1 unspecified atom stereocenters. The molecule has 0 bridgehead atoms. The van der Waals surface area contributed by atoms with Crippen LogP contribution in [0.15, 0.2) is 18.2 Å². The van der Waals surface area contributed by atoms with Crippen molar-refractivity contribution in [1.82, 2.24) is 0 Å². The molecule has 0 fully saturated rings. The number of para-hydroxylation sites is 1. The third-order valence-electron chi connectivity index (χ3n) is 2.25. The highest BCUT2D eigenvalue weighted by molar-refractivity contribution is 6.31. The Hall–Kier alpha value is -1.49. The summed E-state index contributed by atoms with van der Waals surface area (Å²) in [5.41, 5.74) is 6.80. The number of carboxylic acids is 1. The molecule has 1 aliphatic rings. The van der Waals surface area contributed by atoms with Crippen LogP contribution in [0.5, 0.6) is 5.75 Å². The van der Waals surface area contributed by atoms with E-state index in [1.807, 2.05) is 6.07 Å². The van der Waals surface area contributed by atoms with Crippen LogP contribution in [-0.4, -0.2) is 24.5 Å². The number of carbonyl (C=O) groups is 1. The Morgan fingerprint density at radius 2 is 2.43 bits per heavy atom. The van der Waals surface area contributed by atoms with Crippen molar-refractivity contribution in [2.45, 2.75) is 12.4 Å². The number of hydrogen-bond donors (Lipinski definition) is 2. The first-order valence-corrected chi connectivity index (χ1v) is 4.42. The second-order valence-electron chi connectivity index (χ2n) is 3.37. The molecule has 0 amide bonds. The van der Waals surface area contributed by atoms with Crippen molar-refractivity contribution in [3.05, 3.63) is 29.3 Å². The van der Waals surface area contributed by atoms with Crippen LogP contribution in [-0.2, 0) is 6.42 Å². The van der Waals surface area contributed by atoms with Gasteiger partial charge in [-0.15, -0.1) is 0 Å². The van der Waals surface area contributed by atoms with E-state index in [9.17, 15) is 4.79 Å². The number of aromatic carboxylic acids is 1. The molecule has 1 aromatic carbocycles. The van der Waals surface area contributed by atoms with Crippen LogP contribution in [0.4, 0.5) is 0 Å². The molecule has 3 N–H and O–H groups in total. The molecule has 14 heavy (non-hydrogen) atoms. The number of carboxylic acid groups (broad SMARTS) is 1. The van der Waals surface area contributed by atoms with E-state index in [2.05, 4.69) is 0 Å². The predicted molar refractivity (Wildman–Crippen MR) is 52.9 cm³/mol. The van der Waals surface area contributed by atoms with Crippen LogP contribution in [0.25, 0.3) is 0 Å². The van der Waals surface area contributed by atoms with Crippen LogP contribution in [0, 0.1) is 0 Å². The molecule has 72 valence electrons. The summed E-state index contributed by atoms with van der Waals surface area (Å²) < 4.78 is 5.32. The fourth-order valence-corrected chi connectivity index (χ4v) is 1.62. The molecule has 0 radical (unpaired) electrons. The van der Waals surface area contributed by atoms with Crippen LogP contribution in [0.2, 0.25) is 0 Å². The Morgan fingerprint density at radius 3 is 3.14 bits per heavy atom. The van der Waals surface area contributed by atoms with E-state index in [4.69, 9.17) is 15.5 Å². The van der Waals surface area contributed by atoms with E-state index in [1.54, 1.807) is 6.07 Å². The molecule has 1 aromatic rings. The molecule has 0 aromatic heterocycles. The van der Waals surface area contributed by atoms with Gasteiger partial charge in [0.05, 0.1) is 5.56 Å². The summed E-state index contributed by atoms with van der Waals surface area (Å²) in [6.07, 6.45) is 0.677. The highest BCUT2D eigenvalue weighted by Gasteiger charge is 2.23. The van der Waals surface area contributed by atoms with Gasteiger partial charge in [-0.1, -0.05) is 12.1 Å². The van der Waals surface area contributed by atoms with Crippen molar-refractivity contribution in [3.8, 4) is 5.75 Å². The van der Waals surface area contributed by atoms with Crippen molar-refractivity contribution >= 4 is 13.5 Å². The lowest BCUT2D eigenvalue weighted by atomic mass is 9.80. The van der Waals surface area contributed by atoms with Gasteiger partial charge in [-0.05, 0) is 18.1 Å². The van der Waals surface area contributed by atoms with Gasteiger partial charge in [0, 0.05) is 5.94 Å². The molecule has 1 aliphatic heterocycles. The van der Waals surface area contributed by atoms with Crippen molar-refractivity contribution in [3.63, 3.8) is 0 Å². The predicted octanol–water partition coefficient (Wildman–Crippen LogP) is -0.0440. The Morgan fingerprint density at radius 1 is 1.64 bits per heavy atom. The number of rotatable bonds is 1. The molecule has 0 saturated heterocycles. The topological polar surface area (TPSA) is 72.5 Å². The standard InChI is InChI=1S/C9H10BNO3/c11-7-4-5-2-1-3-6(9(12)13)8(5)14-10-7/h1-3,7,10H,4,11H2,(H,12,13). The quantitative estimate of drug-likeness (QED) is 0.610. The lowest BCUT2D eigenvalue weighted by Crippen LogP contribution is -2.37. The van der Waals surface area contributed by atoms with Gasteiger partial charge in [-0.25, -0.2) is 4.79 Å². The van der Waals surface area contributed by atoms with E-state index >= 15 is 0 Å². The molecule has 0 saturated carbocycles. The Bertz CT molecular complexity index is 380. The minimum absolute atomic E-state index is 0.0356. The minimum atomic E-state index is -0.961. The normalized spacial score (nSPS) is 19.1. The van der Waals surface area contributed by atoms with Crippen LogP contribution >= 0.6 is 0 Å². The second kappa shape index (κ2) is 3.34. The smallest absolute Gasteiger partial charge is 0.357 e. The number of hydrogen-bond acceptors (Lipinski definition) is 3. The Kier molecular flexibility index (Phi) is 2.17. The van der Waals surface area contributed by atoms with Gasteiger partial charge < -0.3 is 15.5 Å². The summed E-state index contributed by atoms with van der Waals surface area (Å²) in [5, 5.41) is 8.90. The first kappa shape index (κ1) is 9.08. The summed E-state index contributed by atoms with van der Waals surface area (Å²) >= 11 is 0. The van der Waals surface area contributed by atoms with Crippen LogP contribution < -0.4 is 10.4 Å². The fraction of sp³-hybridized carbons (Fsp3) is 0.222. The maximum Gasteiger partial charge on any atom is 0.357 e. The van der Waals surface area contributed by atoms with E-state index in [1.165, 1.54) is 6.07 Å². The largest absolute Gasteiger partial charge is 0.562 e. The van der Waals surface area contributed by atoms with Crippen molar-refractivity contribution < 1.29 is 14.6 Å². The molecule has 2 rings (SSSR count). The maximum absolute atomic E-state index is 10.8. The zero-order chi connectivity index (χ0) is 10.1. The number of nitrogens with two attached hydrogens (primary N) is 1. The van der Waals surface area contributed by atoms with E-state index in [0.29, 0.717) is 19.7 Å². The van der Waals surface area contributed by atoms with Gasteiger partial charge in [-0.3, -0.25) is 0 Å². The summed E-state index contributed by atoms with van der Waals surface area (Å²) in [6, 6.07) is 5.10. The average molecular weight is 191 g/mol. The van der Waals surface area contributed by atoms with Gasteiger partial charge >= 0.3 is 13.5 Å². The van der Waals surface area contributed by atoms with E-state index in [0.717, 1.165) is 5.56 Å². The Labute approximate surface area is 82.0 Å². The lowest BCUT2D eigenvalue weighted by molar-refractivity contribution is 0.0694. The third kappa shape index (κ3) is 1.46. The zero-order valence-corrected chi connectivity index (χ0v) is 7.56. The third-order valence-corrected chi connectivity index (χ3v) is 2.25. The first-order chi connectivity index (χ1) is 6.68. The van der Waals surface area contributed by atoms with Crippen LogP contribution in [0.3, 0.4) is 0 Å². The zero-order valence-electron chi connectivity index (χ0n) is 7.56. The molecule has 4 nitrogen and oxygen atoms in total. The van der Waals surface area contributed by atoms with Gasteiger partial charge in [0.1, 0.15) is 5.75 Å². The highest BCUT2D eigenvalue weighted by Crippen LogP contribution is 2.27. The van der Waals surface area contributed by atoms with Gasteiger partial charge in [0.15, 0.2) is 0 Å². The van der Waals surface area contributed by atoms with E-state index < -0.39 is 5.97 Å². The monoisotopic (exact) mass is 191 g/mol. The minimum Gasteiger partial charge on any atom is -0.562 e. The highest BCUT2D eigenvalue weighted by atomic mass is 16.4. The summed E-state index contributed by atoms with van der Waals surface area (Å²) in [5.74, 6) is -0.523. The van der Waals surface area contributed by atoms with Gasteiger partial charge in [0.2, 0.25) is 0 Å². The second-order valence-corrected chi connectivity index (χ2v) is 3.37. The lowest BCUT2D eigenvalue weighted by Gasteiger charge is -2.22. The molecular weight excluding hydrogens is 181 g/mol. The van der Waals surface area contributed by atoms with Crippen molar-refractivity contribution in [2.75, 3.05) is 0 Å². The van der Waals surface area contributed by atoms with E-state index in [-0.39, 0.29) is 11.5 Å².